The zero-order valence-corrected chi connectivity index (χ0v) is 15.1. The van der Waals surface area contributed by atoms with Crippen molar-refractivity contribution in [2.24, 2.45) is 0 Å². The predicted molar refractivity (Wildman–Crippen MR) is 93.7 cm³/mol. The number of methoxy groups -OCH3 is 1. The lowest BCUT2D eigenvalue weighted by Gasteiger charge is -2.29. The van der Waals surface area contributed by atoms with E-state index in [2.05, 4.69) is 4.74 Å². The van der Waals surface area contributed by atoms with Crippen LogP contribution in [0.15, 0.2) is 42.5 Å². The summed E-state index contributed by atoms with van der Waals surface area (Å²) >= 11 is 0. The summed E-state index contributed by atoms with van der Waals surface area (Å²) < 4.78 is 9.86. The van der Waals surface area contributed by atoms with E-state index in [0.717, 1.165) is 10.5 Å². The summed E-state index contributed by atoms with van der Waals surface area (Å²) in [5, 5.41) is 0. The molecule has 0 saturated carbocycles. The molecule has 0 spiro atoms. The number of benzene rings is 1. The Morgan fingerprint density at radius 1 is 1.20 bits per heavy atom. The number of hydrogen-bond acceptors (Lipinski definition) is 5. The fourth-order valence-electron chi connectivity index (χ4n) is 2.20. The quantitative estimate of drug-likeness (QED) is 0.428. The van der Waals surface area contributed by atoms with Crippen molar-refractivity contribution in [2.45, 2.75) is 45.3 Å². The monoisotopic (exact) mass is 347 g/mol. The van der Waals surface area contributed by atoms with E-state index in [-0.39, 0.29) is 0 Å². The van der Waals surface area contributed by atoms with Crippen LogP contribution in [-0.2, 0) is 19.1 Å². The smallest absolute Gasteiger partial charge is 0.417 e. The average molecular weight is 347 g/mol. The van der Waals surface area contributed by atoms with Crippen molar-refractivity contribution in [3.63, 3.8) is 0 Å². The number of imide groups is 1. The van der Waals surface area contributed by atoms with Crippen molar-refractivity contribution in [3.8, 4) is 0 Å². The van der Waals surface area contributed by atoms with Gasteiger partial charge in [-0.1, -0.05) is 36.4 Å². The van der Waals surface area contributed by atoms with Gasteiger partial charge in [-0.05, 0) is 39.2 Å². The van der Waals surface area contributed by atoms with Gasteiger partial charge in [-0.25, -0.2) is 14.5 Å². The highest BCUT2D eigenvalue weighted by Gasteiger charge is 2.28. The lowest BCUT2D eigenvalue weighted by Crippen LogP contribution is -2.38. The second kappa shape index (κ2) is 9.61. The molecule has 0 aliphatic carbocycles. The number of amides is 2. The lowest BCUT2D eigenvalue weighted by molar-refractivity contribution is -0.134. The standard InChI is InChI=1S/C19H25NO5/c1-19(2,3)25-18(23)20(14-21)16(15-10-6-5-7-11-15)12-8-9-13-17(22)24-4/h5-7,9-11,13-14,16H,8,12H2,1-4H3/b13-9+. The molecule has 25 heavy (non-hydrogen) atoms. The molecule has 0 saturated heterocycles. The predicted octanol–water partition coefficient (Wildman–Crippen LogP) is 3.63. The summed E-state index contributed by atoms with van der Waals surface area (Å²) in [7, 11) is 1.30. The molecule has 1 rings (SSSR count). The molecule has 0 N–H and O–H groups in total. The molecule has 0 bridgehead atoms. The number of carbonyl (C=O) groups excluding carboxylic acids is 3. The Morgan fingerprint density at radius 2 is 1.84 bits per heavy atom. The van der Waals surface area contributed by atoms with Crippen molar-refractivity contribution in [2.75, 3.05) is 7.11 Å². The molecule has 1 aromatic carbocycles. The van der Waals surface area contributed by atoms with Gasteiger partial charge in [0.2, 0.25) is 6.41 Å². The minimum absolute atomic E-state index is 0.448. The first kappa shape index (κ1) is 20.4. The normalized spacial score (nSPS) is 12.5. The van der Waals surface area contributed by atoms with E-state index in [4.69, 9.17) is 4.74 Å². The maximum Gasteiger partial charge on any atom is 0.417 e. The van der Waals surface area contributed by atoms with Crippen molar-refractivity contribution >= 4 is 18.5 Å². The van der Waals surface area contributed by atoms with Crippen LogP contribution < -0.4 is 0 Å². The number of nitrogens with zero attached hydrogens (tertiary/aromatic N) is 1. The minimum atomic E-state index is -0.704. The van der Waals surface area contributed by atoms with E-state index in [9.17, 15) is 14.4 Å². The highest BCUT2D eigenvalue weighted by atomic mass is 16.6. The molecule has 1 aromatic rings. The first-order chi connectivity index (χ1) is 11.8. The Labute approximate surface area is 148 Å². The zero-order chi connectivity index (χ0) is 18.9. The third-order valence-corrected chi connectivity index (χ3v) is 3.30. The molecular formula is C19H25NO5. The van der Waals surface area contributed by atoms with Crippen LogP contribution >= 0.6 is 0 Å². The van der Waals surface area contributed by atoms with Gasteiger partial charge in [0.05, 0.1) is 13.2 Å². The summed E-state index contributed by atoms with van der Waals surface area (Å²) in [6.07, 6.45) is 3.70. The Hall–Kier alpha value is -2.63. The van der Waals surface area contributed by atoms with Crippen LogP contribution in [0.4, 0.5) is 4.79 Å². The molecule has 2 amide bonds. The number of carbonyl (C=O) groups is 3. The van der Waals surface area contributed by atoms with Gasteiger partial charge >= 0.3 is 12.1 Å². The first-order valence-electron chi connectivity index (χ1n) is 8.04. The number of ether oxygens (including phenoxy) is 2. The highest BCUT2D eigenvalue weighted by molar-refractivity contribution is 5.82. The number of allylic oxidation sites excluding steroid dienone is 1. The van der Waals surface area contributed by atoms with Crippen LogP contribution in [-0.4, -0.2) is 36.1 Å². The SMILES string of the molecule is COC(=O)/C=C/CCC(c1ccccc1)N(C=O)C(=O)OC(C)(C)C. The third kappa shape index (κ3) is 7.20. The van der Waals surface area contributed by atoms with E-state index >= 15 is 0 Å². The molecule has 0 heterocycles. The summed E-state index contributed by atoms with van der Waals surface area (Å²) in [4.78, 5) is 36.1. The molecule has 0 radical (unpaired) electrons. The second-order valence-electron chi connectivity index (χ2n) is 6.42. The van der Waals surface area contributed by atoms with Crippen molar-refractivity contribution < 1.29 is 23.9 Å². The van der Waals surface area contributed by atoms with Gasteiger partial charge < -0.3 is 9.47 Å². The second-order valence-corrected chi connectivity index (χ2v) is 6.42. The van der Waals surface area contributed by atoms with E-state index in [1.54, 1.807) is 26.8 Å². The van der Waals surface area contributed by atoms with Gasteiger partial charge in [0, 0.05) is 6.08 Å². The molecule has 1 atom stereocenters. The molecule has 136 valence electrons. The number of hydrogen-bond donors (Lipinski definition) is 0. The lowest BCUT2D eigenvalue weighted by atomic mass is 10.0. The molecule has 1 unspecified atom stereocenters. The van der Waals surface area contributed by atoms with Crippen LogP contribution in [0.5, 0.6) is 0 Å². The highest BCUT2D eigenvalue weighted by Crippen LogP contribution is 2.26. The largest absolute Gasteiger partial charge is 0.466 e. The number of esters is 1. The summed E-state index contributed by atoms with van der Waals surface area (Å²) in [5.74, 6) is -0.448. The Balaban J connectivity index is 2.96. The van der Waals surface area contributed by atoms with Crippen molar-refractivity contribution in [1.82, 2.24) is 4.90 Å². The molecule has 6 nitrogen and oxygen atoms in total. The maximum absolute atomic E-state index is 12.4. The minimum Gasteiger partial charge on any atom is -0.466 e. The average Bonchev–Trinajstić information content (AvgIpc) is 2.56. The summed E-state index contributed by atoms with van der Waals surface area (Å²) in [5.41, 5.74) is 0.108. The first-order valence-corrected chi connectivity index (χ1v) is 8.04. The fraction of sp³-hybridized carbons (Fsp3) is 0.421. The van der Waals surface area contributed by atoms with E-state index in [1.165, 1.54) is 13.2 Å². The Kier molecular flexibility index (Phi) is 7.85. The van der Waals surface area contributed by atoms with Crippen LogP contribution in [0.2, 0.25) is 0 Å². The van der Waals surface area contributed by atoms with Crippen molar-refractivity contribution in [1.29, 1.82) is 0 Å². The Morgan fingerprint density at radius 3 is 2.36 bits per heavy atom. The van der Waals surface area contributed by atoms with E-state index in [0.29, 0.717) is 19.3 Å². The van der Waals surface area contributed by atoms with Crippen LogP contribution in [0.3, 0.4) is 0 Å². The van der Waals surface area contributed by atoms with Gasteiger partial charge in [0.1, 0.15) is 5.60 Å². The van der Waals surface area contributed by atoms with Crippen molar-refractivity contribution in [3.05, 3.63) is 48.0 Å². The van der Waals surface area contributed by atoms with Crippen LogP contribution in [0, 0.1) is 0 Å². The topological polar surface area (TPSA) is 72.9 Å². The van der Waals surface area contributed by atoms with E-state index < -0.39 is 23.7 Å². The zero-order valence-electron chi connectivity index (χ0n) is 15.1. The van der Waals surface area contributed by atoms with Crippen LogP contribution in [0.25, 0.3) is 0 Å². The van der Waals surface area contributed by atoms with E-state index in [1.807, 2.05) is 30.3 Å². The molecule has 6 heteroatoms. The van der Waals surface area contributed by atoms with Gasteiger partial charge in [0.25, 0.3) is 0 Å². The molecule has 0 aliphatic rings. The molecule has 0 aliphatic heterocycles. The van der Waals surface area contributed by atoms with Gasteiger partial charge in [-0.15, -0.1) is 0 Å². The van der Waals surface area contributed by atoms with Gasteiger partial charge in [0.15, 0.2) is 0 Å². The summed E-state index contributed by atoms with van der Waals surface area (Å²) in [6.45, 7) is 5.22. The number of rotatable bonds is 7. The molecule has 0 fully saturated rings. The third-order valence-electron chi connectivity index (χ3n) is 3.30. The Bertz CT molecular complexity index is 604. The maximum atomic E-state index is 12.4. The summed E-state index contributed by atoms with van der Waals surface area (Å²) in [6, 6.07) is 8.73. The van der Waals surface area contributed by atoms with Gasteiger partial charge in [-0.3, -0.25) is 4.79 Å². The fourth-order valence-corrected chi connectivity index (χ4v) is 2.20. The van der Waals surface area contributed by atoms with Crippen LogP contribution in [0.1, 0.15) is 45.2 Å². The molecule has 0 aromatic heterocycles. The molecular weight excluding hydrogens is 322 g/mol. The van der Waals surface area contributed by atoms with Gasteiger partial charge in [-0.2, -0.15) is 0 Å².